The van der Waals surface area contributed by atoms with Crippen LogP contribution in [0.15, 0.2) is 253 Å². The van der Waals surface area contributed by atoms with E-state index in [1.54, 1.807) is 0 Å². The van der Waals surface area contributed by atoms with E-state index < -0.39 is 10.8 Å². The van der Waals surface area contributed by atoms with Crippen molar-refractivity contribution in [2.24, 2.45) is 0 Å². The van der Waals surface area contributed by atoms with Crippen LogP contribution in [0.5, 0.6) is 0 Å². The number of fused-ring (bicyclic) bond motifs is 9. The van der Waals surface area contributed by atoms with Gasteiger partial charge in [0.15, 0.2) is 0 Å². The molecule has 0 unspecified atom stereocenters. The van der Waals surface area contributed by atoms with Crippen molar-refractivity contribution < 1.29 is 4.42 Å². The molecule has 10 aromatic carbocycles. The Labute approximate surface area is 373 Å². The quantitative estimate of drug-likeness (QED) is 0.159. The van der Waals surface area contributed by atoms with Crippen molar-refractivity contribution in [1.29, 1.82) is 0 Å². The summed E-state index contributed by atoms with van der Waals surface area (Å²) in [6.45, 7) is 0. The SMILES string of the molecule is c1ccc(N(c2cc3c(cc2C2(c4ccccc4)c4ccccc4-c4ccccc42)oc2ccccc23)c2cccc3c2-c2ccccc2C3(c2ccccc2)c2ccccc2)cc1. The zero-order valence-corrected chi connectivity index (χ0v) is 35.0. The first-order valence-corrected chi connectivity index (χ1v) is 22.2. The van der Waals surface area contributed by atoms with Crippen LogP contribution < -0.4 is 4.90 Å². The van der Waals surface area contributed by atoms with Gasteiger partial charge in [-0.15, -0.1) is 0 Å². The van der Waals surface area contributed by atoms with Gasteiger partial charge in [0.05, 0.1) is 22.2 Å². The topological polar surface area (TPSA) is 16.4 Å². The van der Waals surface area contributed by atoms with Gasteiger partial charge in [0.2, 0.25) is 0 Å². The van der Waals surface area contributed by atoms with E-state index in [1.165, 1.54) is 61.2 Å². The van der Waals surface area contributed by atoms with Crippen LogP contribution in [0, 0.1) is 0 Å². The number of benzene rings is 10. The molecule has 11 aromatic rings. The molecule has 2 heteroatoms. The van der Waals surface area contributed by atoms with Crippen LogP contribution in [0.2, 0.25) is 0 Å². The predicted molar refractivity (Wildman–Crippen MR) is 263 cm³/mol. The van der Waals surface area contributed by atoms with Gasteiger partial charge in [-0.1, -0.05) is 212 Å². The summed E-state index contributed by atoms with van der Waals surface area (Å²) in [5.74, 6) is 0. The van der Waals surface area contributed by atoms with Crippen molar-refractivity contribution in [2.45, 2.75) is 10.8 Å². The van der Waals surface area contributed by atoms with Crippen LogP contribution in [0.4, 0.5) is 17.1 Å². The van der Waals surface area contributed by atoms with Crippen molar-refractivity contribution in [3.8, 4) is 22.3 Å². The van der Waals surface area contributed by atoms with Gasteiger partial charge in [0.1, 0.15) is 11.2 Å². The number of rotatable bonds is 7. The molecule has 2 nitrogen and oxygen atoms in total. The lowest BCUT2D eigenvalue weighted by molar-refractivity contribution is 0.665. The van der Waals surface area contributed by atoms with Crippen LogP contribution in [-0.4, -0.2) is 0 Å². The van der Waals surface area contributed by atoms with Crippen molar-refractivity contribution in [2.75, 3.05) is 4.90 Å². The molecule has 0 N–H and O–H groups in total. The van der Waals surface area contributed by atoms with Crippen molar-refractivity contribution in [3.05, 3.63) is 293 Å². The normalized spacial score (nSPS) is 13.9. The number of para-hydroxylation sites is 2. The van der Waals surface area contributed by atoms with Gasteiger partial charge >= 0.3 is 0 Å². The van der Waals surface area contributed by atoms with Crippen molar-refractivity contribution in [3.63, 3.8) is 0 Å². The van der Waals surface area contributed by atoms with Crippen LogP contribution >= 0.6 is 0 Å². The second-order valence-corrected chi connectivity index (χ2v) is 17.1. The highest BCUT2D eigenvalue weighted by molar-refractivity contribution is 6.09. The lowest BCUT2D eigenvalue weighted by Crippen LogP contribution is -2.31. The highest BCUT2D eigenvalue weighted by Crippen LogP contribution is 2.62. The zero-order valence-electron chi connectivity index (χ0n) is 35.0. The Morgan fingerprint density at radius 1 is 0.297 bits per heavy atom. The Morgan fingerprint density at radius 3 is 1.38 bits per heavy atom. The van der Waals surface area contributed by atoms with Gasteiger partial charge in [-0.3, -0.25) is 0 Å². The molecule has 1 heterocycles. The Morgan fingerprint density at radius 2 is 0.766 bits per heavy atom. The van der Waals surface area contributed by atoms with Gasteiger partial charge in [0.25, 0.3) is 0 Å². The number of furan rings is 1. The second kappa shape index (κ2) is 14.2. The molecule has 0 radical (unpaired) electrons. The van der Waals surface area contributed by atoms with Gasteiger partial charge in [-0.25, -0.2) is 0 Å². The molecule has 0 saturated heterocycles. The van der Waals surface area contributed by atoms with Crippen LogP contribution in [0.3, 0.4) is 0 Å². The highest BCUT2D eigenvalue weighted by Gasteiger charge is 2.50. The van der Waals surface area contributed by atoms with E-state index in [-0.39, 0.29) is 0 Å². The van der Waals surface area contributed by atoms with E-state index in [4.69, 9.17) is 4.42 Å². The number of nitrogens with zero attached hydrogens (tertiary/aromatic N) is 1. The van der Waals surface area contributed by atoms with E-state index in [1.807, 2.05) is 0 Å². The second-order valence-electron chi connectivity index (χ2n) is 17.1. The Hall–Kier alpha value is -8.20. The average molecular weight is 816 g/mol. The first-order chi connectivity index (χ1) is 31.8. The highest BCUT2D eigenvalue weighted by atomic mass is 16.3. The third-order valence-electron chi connectivity index (χ3n) is 14.0. The summed E-state index contributed by atoms with van der Waals surface area (Å²) < 4.78 is 6.88. The minimum absolute atomic E-state index is 0.561. The maximum Gasteiger partial charge on any atom is 0.135 e. The van der Waals surface area contributed by atoms with E-state index in [2.05, 4.69) is 254 Å². The lowest BCUT2D eigenvalue weighted by atomic mass is 9.66. The molecular weight excluding hydrogens is 775 g/mol. The summed E-state index contributed by atoms with van der Waals surface area (Å²) in [7, 11) is 0. The van der Waals surface area contributed by atoms with Crippen molar-refractivity contribution in [1.82, 2.24) is 0 Å². The minimum atomic E-state index is -0.711. The van der Waals surface area contributed by atoms with Gasteiger partial charge in [-0.2, -0.15) is 0 Å². The Bertz CT molecular complexity index is 3470. The first kappa shape index (κ1) is 36.5. The fourth-order valence-electron chi connectivity index (χ4n) is 11.6. The molecule has 0 atom stereocenters. The zero-order chi connectivity index (χ0) is 42.2. The summed E-state index contributed by atoms with van der Waals surface area (Å²) in [5.41, 5.74) is 18.5. The molecule has 2 aliphatic carbocycles. The fraction of sp³-hybridized carbons (Fsp3) is 0.0323. The lowest BCUT2D eigenvalue weighted by Gasteiger charge is -2.39. The molecule has 0 spiro atoms. The van der Waals surface area contributed by atoms with Crippen LogP contribution in [0.1, 0.15) is 44.5 Å². The molecule has 13 rings (SSSR count). The number of anilines is 3. The molecule has 0 amide bonds. The van der Waals surface area contributed by atoms with E-state index >= 15 is 0 Å². The van der Waals surface area contributed by atoms with Crippen LogP contribution in [0.25, 0.3) is 44.2 Å². The standard InChI is InChI=1S/C62H41NO/c1-5-22-42(23-6-1)61(43-24-7-2-8-25-43)53-36-19-15-33-49(53)60-54(61)37-21-38-56(60)63(45-28-11-4-12-29-45)57-40-50-48-32-16-20-39-58(48)64-59(50)41-55(57)62(44-26-9-3-10-27-44)51-34-17-13-30-46(51)47-31-14-18-35-52(47)62/h1-41H. The monoisotopic (exact) mass is 815 g/mol. The third-order valence-corrected chi connectivity index (χ3v) is 14.0. The molecular formula is C62H41NO. The summed E-state index contributed by atoms with van der Waals surface area (Å²) in [4.78, 5) is 2.55. The van der Waals surface area contributed by atoms with E-state index in [9.17, 15) is 0 Å². The predicted octanol–water partition coefficient (Wildman–Crippen LogP) is 15.8. The summed E-state index contributed by atoms with van der Waals surface area (Å²) in [6, 6.07) is 91.5. The molecule has 0 saturated carbocycles. The summed E-state index contributed by atoms with van der Waals surface area (Å²) in [6.07, 6.45) is 0. The number of hydrogen-bond acceptors (Lipinski definition) is 2. The molecule has 0 bridgehead atoms. The summed E-state index contributed by atoms with van der Waals surface area (Å²) in [5, 5.41) is 2.17. The molecule has 64 heavy (non-hydrogen) atoms. The average Bonchev–Trinajstić information content (AvgIpc) is 4.00. The Balaban J connectivity index is 1.21. The van der Waals surface area contributed by atoms with Crippen LogP contribution in [-0.2, 0) is 10.8 Å². The van der Waals surface area contributed by atoms with E-state index in [0.29, 0.717) is 0 Å². The summed E-state index contributed by atoms with van der Waals surface area (Å²) >= 11 is 0. The number of hydrogen-bond donors (Lipinski definition) is 0. The molecule has 0 fully saturated rings. The Kier molecular flexibility index (Phi) is 8.07. The van der Waals surface area contributed by atoms with Gasteiger partial charge < -0.3 is 9.32 Å². The first-order valence-electron chi connectivity index (χ1n) is 22.2. The molecule has 2 aliphatic rings. The molecule has 300 valence electrons. The molecule has 0 aliphatic heterocycles. The maximum atomic E-state index is 6.88. The van der Waals surface area contributed by atoms with Gasteiger partial charge in [-0.05, 0) is 97.6 Å². The third kappa shape index (κ3) is 4.97. The van der Waals surface area contributed by atoms with E-state index in [0.717, 1.165) is 44.6 Å². The largest absolute Gasteiger partial charge is 0.456 e. The van der Waals surface area contributed by atoms with Crippen molar-refractivity contribution >= 4 is 39.0 Å². The minimum Gasteiger partial charge on any atom is -0.456 e. The fourth-order valence-corrected chi connectivity index (χ4v) is 11.6. The smallest absolute Gasteiger partial charge is 0.135 e. The van der Waals surface area contributed by atoms with Gasteiger partial charge in [0, 0.05) is 22.0 Å². The molecule has 1 aromatic heterocycles. The maximum absolute atomic E-state index is 6.88.